The molecule has 1 fully saturated rings. The minimum Gasteiger partial charge on any atom is -0.508 e. The number of para-hydroxylation sites is 1. The van der Waals surface area contributed by atoms with Gasteiger partial charge in [-0.15, -0.1) is 11.8 Å². The summed E-state index contributed by atoms with van der Waals surface area (Å²) in [4.78, 5) is 256. The van der Waals surface area contributed by atoms with E-state index in [0.717, 1.165) is 43.3 Å². The van der Waals surface area contributed by atoms with E-state index in [4.69, 9.17) is 5.73 Å². The van der Waals surface area contributed by atoms with Crippen molar-refractivity contribution in [3.63, 3.8) is 0 Å². The van der Waals surface area contributed by atoms with E-state index in [2.05, 4.69) is 52.8 Å². The second-order valence-electron chi connectivity index (χ2n) is 32.7. The van der Waals surface area contributed by atoms with Gasteiger partial charge in [0.2, 0.25) is 88.6 Å². The van der Waals surface area contributed by atoms with Gasteiger partial charge in [-0.2, -0.15) is 0 Å². The molecule has 2 aliphatic heterocycles. The Morgan fingerprint density at radius 1 is 0.492 bits per heavy atom. The number of carboxylic acid groups (broad SMARTS) is 2. The number of hydrogen-bond donors (Lipinski definition) is 15. The van der Waals surface area contributed by atoms with Gasteiger partial charge in [-0.05, 0) is 82.8 Å². The van der Waals surface area contributed by atoms with Gasteiger partial charge in [0.15, 0.2) is 0 Å². The van der Waals surface area contributed by atoms with E-state index in [1.54, 1.807) is 135 Å². The molecule has 37 nitrogen and oxygen atoms in total. The Morgan fingerprint density at radius 3 is 1.62 bits per heavy atom. The van der Waals surface area contributed by atoms with Crippen LogP contribution in [0.25, 0.3) is 10.9 Å². The van der Waals surface area contributed by atoms with Crippen molar-refractivity contribution in [3.8, 4) is 11.5 Å². The summed E-state index contributed by atoms with van der Waals surface area (Å²) in [6.45, 7) is 2.78. The number of nitrogens with two attached hydrogens (primary N) is 1. The maximum Gasteiger partial charge on any atom is 0.305 e. The number of aromatic hydroxyl groups is 2. The summed E-state index contributed by atoms with van der Waals surface area (Å²) in [5.74, 6) is -19.4. The minimum absolute atomic E-state index is 0.00764. The fourth-order valence-electron chi connectivity index (χ4n) is 15.4. The van der Waals surface area contributed by atoms with Gasteiger partial charge in [0.1, 0.15) is 84.5 Å². The van der Waals surface area contributed by atoms with Crippen LogP contribution in [0.1, 0.15) is 99.1 Å². The largest absolute Gasteiger partial charge is 0.508 e. The Morgan fingerprint density at radius 2 is 1.01 bits per heavy atom. The van der Waals surface area contributed by atoms with Crippen LogP contribution in [0.4, 0.5) is 5.69 Å². The Balaban J connectivity index is 1.12. The zero-order chi connectivity index (χ0) is 94.6. The van der Waals surface area contributed by atoms with Crippen LogP contribution in [0.5, 0.6) is 11.5 Å². The molecular formula is C92H112N16O21S. The number of carbonyl (C=O) groups is 17. The van der Waals surface area contributed by atoms with E-state index < -0.39 is 217 Å². The average Bonchev–Trinajstić information content (AvgIpc) is 1.76. The molecule has 130 heavy (non-hydrogen) atoms. The third-order valence-corrected chi connectivity index (χ3v) is 23.3. The van der Waals surface area contributed by atoms with Crippen molar-refractivity contribution in [2.45, 2.75) is 171 Å². The first kappa shape index (κ1) is 99.6. The first-order valence-corrected chi connectivity index (χ1v) is 43.7. The zero-order valence-electron chi connectivity index (χ0n) is 73.2. The summed E-state index contributed by atoms with van der Waals surface area (Å²) >= 11 is 0.812. The third kappa shape index (κ3) is 28.7. The lowest BCUT2D eigenvalue weighted by Gasteiger charge is -2.37. The first-order valence-electron chi connectivity index (χ1n) is 42.6. The van der Waals surface area contributed by atoms with Crippen LogP contribution in [0.3, 0.4) is 0 Å². The van der Waals surface area contributed by atoms with Crippen LogP contribution >= 0.6 is 11.8 Å². The van der Waals surface area contributed by atoms with Crippen LogP contribution in [0, 0.1) is 5.92 Å². The fourth-order valence-corrected chi connectivity index (χ4v) is 16.2. The van der Waals surface area contributed by atoms with Crippen LogP contribution in [0.2, 0.25) is 0 Å². The molecule has 692 valence electrons. The highest BCUT2D eigenvalue weighted by molar-refractivity contribution is 8.00. The number of fused-ring (bicyclic) bond motifs is 5. The quantitative estimate of drug-likeness (QED) is 0.0431. The molecule has 1 saturated heterocycles. The monoisotopic (exact) mass is 1810 g/mol. The number of aromatic amines is 1. The zero-order valence-corrected chi connectivity index (χ0v) is 74.0. The SMILES string of the molecule is CCCC[C@H]1C(=O)N(C)CC(=O)N[C@@H](CC(=O)O)C(=O)N[C@@H](CCC(=O)O)C(=O)N(C)[C@@H](Cc2ccccc2)C(=O)N[C@H]2Cc3ccc(O)cc3N(CC(=O)N[C@@H](Cc3c[nH]c4ccccc34)C(=O)NC(Cc3ccc(O)cc3)C(=O)N[C@@H](CC(C)C)C(=O)N[C@H](C(=O)NCC(N)=O)CSCC(=O)N[C@@H](Cc3ccccc3)C(=O)N(C)[C@@H](Cc3ccccc3)C(=O)N1C)C2=O. The molecule has 9 rings (SSSR count). The molecule has 15 amide bonds. The summed E-state index contributed by atoms with van der Waals surface area (Å²) in [6, 6.07) is 24.0. The van der Waals surface area contributed by atoms with Gasteiger partial charge < -0.3 is 103 Å². The number of thioether (sulfide) groups is 1. The number of H-pyrrole nitrogens is 1. The number of nitrogens with zero attached hydrogens (tertiary/aromatic N) is 5. The number of aliphatic carboxylic acids is 2. The Kier molecular flexibility index (Phi) is 36.4. The van der Waals surface area contributed by atoms with Gasteiger partial charge in [-0.1, -0.05) is 161 Å². The Hall–Kier alpha value is -14.2. The minimum atomic E-state index is -2.04. The number of primary amides is 1. The molecular weight excluding hydrogens is 1700 g/mol. The second-order valence-corrected chi connectivity index (χ2v) is 33.7. The normalized spacial score (nSPS) is 22.0. The first-order chi connectivity index (χ1) is 61.9. The van der Waals surface area contributed by atoms with Crippen molar-refractivity contribution in [2.24, 2.45) is 11.7 Å². The van der Waals surface area contributed by atoms with Crippen LogP contribution in [-0.4, -0.2) is 271 Å². The van der Waals surface area contributed by atoms with E-state index in [0.29, 0.717) is 51.6 Å². The van der Waals surface area contributed by atoms with Crippen molar-refractivity contribution < 1.29 is 102 Å². The number of nitrogens with one attached hydrogen (secondary N) is 10. The number of unbranched alkanes of at least 4 members (excludes halogenated alkanes) is 1. The molecule has 0 aliphatic carbocycles. The Labute approximate surface area is 754 Å². The molecule has 0 saturated carbocycles. The maximum atomic E-state index is 15.5. The number of carbonyl (C=O) groups excluding carboxylic acids is 15. The van der Waals surface area contributed by atoms with Gasteiger partial charge in [0.25, 0.3) is 0 Å². The molecule has 1 aromatic heterocycles. The summed E-state index contributed by atoms with van der Waals surface area (Å²) in [7, 11) is 5.05. The van der Waals surface area contributed by atoms with Crippen molar-refractivity contribution in [1.29, 1.82) is 0 Å². The lowest BCUT2D eigenvalue weighted by Crippen LogP contribution is -2.61. The van der Waals surface area contributed by atoms with Crippen molar-refractivity contribution in [3.05, 3.63) is 197 Å². The number of hydrogen-bond acceptors (Lipinski definition) is 20. The summed E-state index contributed by atoms with van der Waals surface area (Å²) in [6.07, 6.45) is -1.88. The fraction of sp³-hybridized carbons (Fsp3) is 0.402. The number of amides is 15. The van der Waals surface area contributed by atoms with Gasteiger partial charge in [-0.3, -0.25) is 81.5 Å². The number of phenolic OH excluding ortho intramolecular Hbond substituents is 2. The molecule has 0 radical (unpaired) electrons. The number of rotatable bonds is 23. The standard InChI is InChI=1S/C92H112N16O21S/c1-8-9-29-72-91(128)104(4)49-77(112)97-68(46-81(117)118)86(123)99-64(36-37-80(115)116)88(125)106(6)74(41-55-23-15-11-16-24-55)87(124)102-70-43-58-32-35-61(110)45-73(58)108(90(70)127)50-78(113)96-67(44-59-47-94-63-28-20-19-27-62(59)63)85(122)101-66(39-57-30-33-60(109)34-31-57)84(121)100-65(38-53(2)3)83(120)103-71(82(119)95-48-76(93)111)51-130-52-79(114)98-69(40-54-21-13-10-14-22-54)89(126)107(7)75(92(129)105(72)5)42-56-25-17-12-18-26-56/h10-28,30-35,45,47,53,64-72,74-75,94,109-110H,8-9,29,36-44,46,48-52H2,1-7H3,(H2,93,111)(H,95,119)(H,96,113)(H,97,112)(H,98,114)(H,99,123)(H,100,121)(H,101,122)(H,102,124)(H,103,120)(H,115,116)(H,117,118)/t64-,65-,66?,67-,68-,69-,70-,71-,72-,74-,75-/m0/s1. The molecule has 2 aliphatic rings. The van der Waals surface area contributed by atoms with Crippen LogP contribution < -0.4 is 58.5 Å². The van der Waals surface area contributed by atoms with Gasteiger partial charge >= 0.3 is 11.9 Å². The van der Waals surface area contributed by atoms with Gasteiger partial charge in [0.05, 0.1) is 31.0 Å². The molecule has 0 spiro atoms. The maximum absolute atomic E-state index is 15.5. The van der Waals surface area contributed by atoms with E-state index >= 15 is 38.4 Å². The van der Waals surface area contributed by atoms with Crippen molar-refractivity contribution in [2.75, 3.05) is 64.2 Å². The smallest absolute Gasteiger partial charge is 0.305 e. The summed E-state index contributed by atoms with van der Waals surface area (Å²) in [5.41, 5.74) is 8.78. The molecule has 11 atom stereocenters. The molecule has 2 bridgehead atoms. The van der Waals surface area contributed by atoms with E-state index in [1.165, 1.54) is 63.6 Å². The highest BCUT2D eigenvalue weighted by atomic mass is 32.2. The number of benzene rings is 6. The lowest BCUT2D eigenvalue weighted by molar-refractivity contribution is -0.151. The van der Waals surface area contributed by atoms with Gasteiger partial charge in [-0.25, -0.2) is 0 Å². The van der Waals surface area contributed by atoms with Crippen LogP contribution in [-0.2, 0) is 120 Å². The predicted octanol–water partition coefficient (Wildman–Crippen LogP) is 1.42. The molecule has 38 heteroatoms. The van der Waals surface area contributed by atoms with Crippen LogP contribution in [0.15, 0.2) is 164 Å². The van der Waals surface area contributed by atoms with E-state index in [9.17, 15) is 63.6 Å². The van der Waals surface area contributed by atoms with Crippen molar-refractivity contribution in [1.82, 2.24) is 72.4 Å². The molecule has 1 unspecified atom stereocenters. The number of anilines is 1. The van der Waals surface area contributed by atoms with Crippen molar-refractivity contribution >= 4 is 129 Å². The molecule has 16 N–H and O–H groups in total. The van der Waals surface area contributed by atoms with Gasteiger partial charge in [0, 0.05) is 102 Å². The predicted molar refractivity (Wildman–Crippen MR) is 479 cm³/mol. The molecule has 6 aromatic carbocycles. The number of phenols is 2. The summed E-state index contributed by atoms with van der Waals surface area (Å²) in [5, 5.41) is 65.7. The second kappa shape index (κ2) is 47.6. The molecule has 3 heterocycles. The highest BCUT2D eigenvalue weighted by Gasteiger charge is 2.43. The highest BCUT2D eigenvalue weighted by Crippen LogP contribution is 2.33. The molecule has 7 aromatic rings. The lowest BCUT2D eigenvalue weighted by atomic mass is 9.95. The number of aromatic nitrogens is 1. The number of carboxylic acids is 2. The third-order valence-electron chi connectivity index (χ3n) is 22.3. The average molecular weight is 1810 g/mol. The summed E-state index contributed by atoms with van der Waals surface area (Å²) < 4.78 is 0. The topological polar surface area (TPSA) is 537 Å². The Bertz CT molecular complexity index is 5240. The van der Waals surface area contributed by atoms with E-state index in [-0.39, 0.29) is 80.0 Å². The number of likely N-dealkylation sites (N-methyl/N-ethyl adjacent to an activating group) is 4. The van der Waals surface area contributed by atoms with E-state index in [1.807, 2.05) is 6.92 Å².